The molecule has 1 rings (SSSR count). The highest BCUT2D eigenvalue weighted by molar-refractivity contribution is 5.84. The SMILES string of the molecule is CCC1NC(CC(C)C)N(CC(C)(C)OC)C1=O. The number of amides is 1. The van der Waals surface area contributed by atoms with Crippen LogP contribution in [0, 0.1) is 5.92 Å². The average Bonchev–Trinajstić information content (AvgIpc) is 2.56. The molecule has 1 N–H and O–H groups in total. The van der Waals surface area contributed by atoms with E-state index in [-0.39, 0.29) is 23.7 Å². The van der Waals surface area contributed by atoms with Gasteiger partial charge in [-0.15, -0.1) is 0 Å². The summed E-state index contributed by atoms with van der Waals surface area (Å²) < 4.78 is 5.45. The molecule has 1 saturated heterocycles. The van der Waals surface area contributed by atoms with Crippen molar-refractivity contribution in [2.75, 3.05) is 13.7 Å². The molecule has 106 valence electrons. The summed E-state index contributed by atoms with van der Waals surface area (Å²) in [5.74, 6) is 0.785. The van der Waals surface area contributed by atoms with Gasteiger partial charge in [-0.25, -0.2) is 0 Å². The molecular weight excluding hydrogens is 228 g/mol. The fourth-order valence-electron chi connectivity index (χ4n) is 2.34. The molecule has 18 heavy (non-hydrogen) atoms. The largest absolute Gasteiger partial charge is 0.377 e. The van der Waals surface area contributed by atoms with Crippen molar-refractivity contribution in [3.63, 3.8) is 0 Å². The van der Waals surface area contributed by atoms with Crippen LogP contribution in [-0.4, -0.2) is 42.3 Å². The van der Waals surface area contributed by atoms with Crippen molar-refractivity contribution in [3.8, 4) is 0 Å². The molecule has 0 saturated carbocycles. The van der Waals surface area contributed by atoms with Crippen LogP contribution in [0.3, 0.4) is 0 Å². The first-order chi connectivity index (χ1) is 8.30. The quantitative estimate of drug-likeness (QED) is 0.790. The van der Waals surface area contributed by atoms with Crippen LogP contribution in [0.1, 0.15) is 47.5 Å². The summed E-state index contributed by atoms with van der Waals surface area (Å²) >= 11 is 0. The van der Waals surface area contributed by atoms with Gasteiger partial charge in [0.2, 0.25) is 5.91 Å². The molecule has 0 spiro atoms. The number of nitrogens with one attached hydrogen (secondary N) is 1. The molecule has 1 aliphatic rings. The monoisotopic (exact) mass is 256 g/mol. The van der Waals surface area contributed by atoms with E-state index in [1.54, 1.807) is 7.11 Å². The molecule has 4 heteroatoms. The van der Waals surface area contributed by atoms with Crippen LogP contribution in [-0.2, 0) is 9.53 Å². The maximum atomic E-state index is 12.3. The van der Waals surface area contributed by atoms with Crippen LogP contribution in [0.25, 0.3) is 0 Å². The molecule has 0 aromatic rings. The minimum absolute atomic E-state index is 0.0265. The Morgan fingerprint density at radius 1 is 1.44 bits per heavy atom. The molecule has 1 fully saturated rings. The van der Waals surface area contributed by atoms with Crippen LogP contribution in [0.2, 0.25) is 0 Å². The van der Waals surface area contributed by atoms with E-state index in [9.17, 15) is 4.79 Å². The molecule has 0 aromatic carbocycles. The van der Waals surface area contributed by atoms with Gasteiger partial charge >= 0.3 is 0 Å². The minimum Gasteiger partial charge on any atom is -0.377 e. The topological polar surface area (TPSA) is 41.6 Å². The van der Waals surface area contributed by atoms with Gasteiger partial charge in [-0.3, -0.25) is 10.1 Å². The van der Waals surface area contributed by atoms with E-state index in [2.05, 4.69) is 19.2 Å². The molecule has 4 nitrogen and oxygen atoms in total. The van der Waals surface area contributed by atoms with E-state index in [1.165, 1.54) is 0 Å². The third-order valence-corrected chi connectivity index (χ3v) is 3.56. The lowest BCUT2D eigenvalue weighted by Crippen LogP contribution is -2.46. The second-order valence-electron chi connectivity index (χ2n) is 6.20. The maximum absolute atomic E-state index is 12.3. The van der Waals surface area contributed by atoms with Gasteiger partial charge in [0.05, 0.1) is 24.4 Å². The molecule has 2 unspecified atom stereocenters. The first kappa shape index (κ1) is 15.4. The first-order valence-electron chi connectivity index (χ1n) is 6.92. The predicted molar refractivity (Wildman–Crippen MR) is 73.3 cm³/mol. The Hall–Kier alpha value is -0.610. The Morgan fingerprint density at radius 2 is 2.06 bits per heavy atom. The second-order valence-corrected chi connectivity index (χ2v) is 6.20. The van der Waals surface area contributed by atoms with E-state index in [0.717, 1.165) is 12.8 Å². The van der Waals surface area contributed by atoms with Crippen molar-refractivity contribution in [1.29, 1.82) is 0 Å². The Bertz CT molecular complexity index is 290. The summed E-state index contributed by atoms with van der Waals surface area (Å²) in [5.41, 5.74) is -0.296. The molecule has 1 amide bonds. The maximum Gasteiger partial charge on any atom is 0.241 e. The normalized spacial score (nSPS) is 25.3. The third-order valence-electron chi connectivity index (χ3n) is 3.56. The molecule has 1 aliphatic heterocycles. The van der Waals surface area contributed by atoms with Gasteiger partial charge in [0.15, 0.2) is 0 Å². The fourth-order valence-corrected chi connectivity index (χ4v) is 2.34. The smallest absolute Gasteiger partial charge is 0.241 e. The number of nitrogens with zero attached hydrogens (tertiary/aromatic N) is 1. The van der Waals surface area contributed by atoms with Crippen molar-refractivity contribution >= 4 is 5.91 Å². The number of ether oxygens (including phenoxy) is 1. The van der Waals surface area contributed by atoms with Gasteiger partial charge in [-0.2, -0.15) is 0 Å². The van der Waals surface area contributed by atoms with Crippen molar-refractivity contribution in [3.05, 3.63) is 0 Å². The second kappa shape index (κ2) is 6.02. The van der Waals surface area contributed by atoms with Crippen LogP contribution in [0.15, 0.2) is 0 Å². The average molecular weight is 256 g/mol. The van der Waals surface area contributed by atoms with E-state index >= 15 is 0 Å². The zero-order valence-electron chi connectivity index (χ0n) is 12.6. The van der Waals surface area contributed by atoms with Crippen LogP contribution in [0.5, 0.6) is 0 Å². The van der Waals surface area contributed by atoms with Crippen LogP contribution < -0.4 is 5.32 Å². The molecule has 0 bridgehead atoms. The number of rotatable bonds is 6. The van der Waals surface area contributed by atoms with Gasteiger partial charge in [0.25, 0.3) is 0 Å². The zero-order chi connectivity index (χ0) is 13.9. The molecule has 1 heterocycles. The molecular formula is C14H28N2O2. The Balaban J connectivity index is 2.78. The van der Waals surface area contributed by atoms with Crippen LogP contribution in [0.4, 0.5) is 0 Å². The lowest BCUT2D eigenvalue weighted by molar-refractivity contribution is -0.134. The lowest BCUT2D eigenvalue weighted by atomic mass is 10.1. The number of carbonyl (C=O) groups is 1. The number of methoxy groups -OCH3 is 1. The van der Waals surface area contributed by atoms with Gasteiger partial charge in [-0.1, -0.05) is 20.8 Å². The van der Waals surface area contributed by atoms with Crippen molar-refractivity contribution in [2.24, 2.45) is 5.92 Å². The minimum atomic E-state index is -0.296. The highest BCUT2D eigenvalue weighted by Gasteiger charge is 2.40. The van der Waals surface area contributed by atoms with Crippen molar-refractivity contribution < 1.29 is 9.53 Å². The van der Waals surface area contributed by atoms with E-state index in [0.29, 0.717) is 12.5 Å². The Morgan fingerprint density at radius 3 is 2.50 bits per heavy atom. The van der Waals surface area contributed by atoms with Gasteiger partial charge < -0.3 is 9.64 Å². The van der Waals surface area contributed by atoms with Crippen LogP contribution >= 0.6 is 0 Å². The third kappa shape index (κ3) is 3.69. The van der Waals surface area contributed by atoms with E-state index in [1.807, 2.05) is 25.7 Å². The summed E-state index contributed by atoms with van der Waals surface area (Å²) in [6, 6.07) is -0.0265. The zero-order valence-corrected chi connectivity index (χ0v) is 12.6. The Labute approximate surface area is 111 Å². The summed E-state index contributed by atoms with van der Waals surface area (Å²) in [6.45, 7) is 11.1. The highest BCUT2D eigenvalue weighted by atomic mass is 16.5. The fraction of sp³-hybridized carbons (Fsp3) is 0.929. The van der Waals surface area contributed by atoms with Gasteiger partial charge in [0, 0.05) is 7.11 Å². The molecule has 0 aliphatic carbocycles. The summed E-state index contributed by atoms with van der Waals surface area (Å²) in [5, 5.41) is 3.44. The summed E-state index contributed by atoms with van der Waals surface area (Å²) in [4.78, 5) is 14.3. The molecule has 0 radical (unpaired) electrons. The predicted octanol–water partition coefficient (Wildman–Crippen LogP) is 1.99. The van der Waals surface area contributed by atoms with Crippen molar-refractivity contribution in [1.82, 2.24) is 10.2 Å². The standard InChI is InChI=1S/C14H28N2O2/c1-7-11-13(17)16(9-14(4,5)18-6)12(15-11)8-10(2)3/h10-12,15H,7-9H2,1-6H3. The molecule has 0 aromatic heterocycles. The number of hydrogen-bond acceptors (Lipinski definition) is 3. The highest BCUT2D eigenvalue weighted by Crippen LogP contribution is 2.22. The van der Waals surface area contributed by atoms with Crippen molar-refractivity contribution in [2.45, 2.75) is 65.3 Å². The number of hydrogen-bond donors (Lipinski definition) is 1. The first-order valence-corrected chi connectivity index (χ1v) is 6.92. The summed E-state index contributed by atoms with van der Waals surface area (Å²) in [7, 11) is 1.70. The van der Waals surface area contributed by atoms with E-state index in [4.69, 9.17) is 4.74 Å². The van der Waals surface area contributed by atoms with Gasteiger partial charge in [-0.05, 0) is 32.6 Å². The molecule has 2 atom stereocenters. The lowest BCUT2D eigenvalue weighted by Gasteiger charge is -2.33. The van der Waals surface area contributed by atoms with Gasteiger partial charge in [0.1, 0.15) is 0 Å². The summed E-state index contributed by atoms with van der Waals surface area (Å²) in [6.07, 6.45) is 1.98. The Kier molecular flexibility index (Phi) is 5.17. The van der Waals surface area contributed by atoms with E-state index < -0.39 is 0 Å². The number of carbonyl (C=O) groups excluding carboxylic acids is 1.